The molecule has 0 atom stereocenters. The summed E-state index contributed by atoms with van der Waals surface area (Å²) in [6, 6.07) is 10.2. The van der Waals surface area contributed by atoms with Crippen LogP contribution in [-0.2, 0) is 0 Å². The number of pyridine rings is 1. The maximum atomic E-state index is 11.9. The molecule has 2 nitrogen and oxygen atoms in total. The van der Waals surface area contributed by atoms with Crippen LogP contribution in [-0.4, -0.2) is 11.6 Å². The average Bonchev–Trinajstić information content (AvgIpc) is 2.30. The van der Waals surface area contributed by atoms with Crippen LogP contribution in [0.3, 0.4) is 0 Å². The van der Waals surface area contributed by atoms with Gasteiger partial charge in [0.25, 0.3) is 0 Å². The molecule has 0 radical (unpaired) electrons. The van der Waals surface area contributed by atoms with Gasteiger partial charge in [0.05, 0.1) is 0 Å². The Hall–Kier alpha value is -1.97. The highest BCUT2D eigenvalue weighted by Crippen LogP contribution is 2.22. The molecule has 1 aromatic heterocycles. The molecule has 0 aliphatic rings. The summed E-state index contributed by atoms with van der Waals surface area (Å²) in [4.78, 5) is 3.98. The molecule has 0 aliphatic carbocycles. The number of hydrogen-bond donors (Lipinski definition) is 0. The largest absolute Gasteiger partial charge is 0.435 e. The molecule has 0 unspecified atom stereocenters. The fourth-order valence-corrected chi connectivity index (χ4v) is 1.36. The molecule has 16 heavy (non-hydrogen) atoms. The molecule has 1 heterocycles. The molecule has 0 spiro atoms. The van der Waals surface area contributed by atoms with Gasteiger partial charge in [-0.2, -0.15) is 8.78 Å². The lowest BCUT2D eigenvalue weighted by Gasteiger charge is -2.05. The van der Waals surface area contributed by atoms with E-state index in [-0.39, 0.29) is 5.75 Å². The van der Waals surface area contributed by atoms with Gasteiger partial charge in [-0.25, -0.2) is 0 Å². The minimum absolute atomic E-state index is 0.155. The average molecular weight is 221 g/mol. The maximum absolute atomic E-state index is 11.9. The minimum Gasteiger partial charge on any atom is -0.435 e. The Morgan fingerprint density at radius 1 is 1.00 bits per heavy atom. The molecule has 0 saturated carbocycles. The molecule has 0 amide bonds. The van der Waals surface area contributed by atoms with Gasteiger partial charge < -0.3 is 4.74 Å². The fourth-order valence-electron chi connectivity index (χ4n) is 1.36. The molecule has 2 rings (SSSR count). The highest BCUT2D eigenvalue weighted by molar-refractivity contribution is 5.62. The monoisotopic (exact) mass is 221 g/mol. The third-order valence-corrected chi connectivity index (χ3v) is 2.07. The van der Waals surface area contributed by atoms with E-state index in [4.69, 9.17) is 0 Å². The van der Waals surface area contributed by atoms with E-state index in [1.807, 2.05) is 12.1 Å². The molecule has 82 valence electrons. The van der Waals surface area contributed by atoms with Gasteiger partial charge in [0.2, 0.25) is 0 Å². The Balaban J connectivity index is 2.20. The predicted molar refractivity (Wildman–Crippen MR) is 56.3 cm³/mol. The van der Waals surface area contributed by atoms with Crippen molar-refractivity contribution in [3.63, 3.8) is 0 Å². The van der Waals surface area contributed by atoms with Crippen LogP contribution in [0.4, 0.5) is 8.78 Å². The van der Waals surface area contributed by atoms with Crippen molar-refractivity contribution in [1.29, 1.82) is 0 Å². The normalized spacial score (nSPS) is 10.4. The predicted octanol–water partition coefficient (Wildman–Crippen LogP) is 3.35. The first-order valence-electron chi connectivity index (χ1n) is 4.71. The van der Waals surface area contributed by atoms with Crippen molar-refractivity contribution in [2.75, 3.05) is 0 Å². The van der Waals surface area contributed by atoms with Gasteiger partial charge in [-0.15, -0.1) is 0 Å². The second kappa shape index (κ2) is 4.70. The number of benzene rings is 1. The Kier molecular flexibility index (Phi) is 3.10. The third kappa shape index (κ3) is 2.53. The lowest BCUT2D eigenvalue weighted by atomic mass is 10.1. The summed E-state index contributed by atoms with van der Waals surface area (Å²) in [6.45, 7) is -2.79. The highest BCUT2D eigenvalue weighted by atomic mass is 19.3. The molecule has 0 N–H and O–H groups in total. The van der Waals surface area contributed by atoms with Crippen molar-refractivity contribution < 1.29 is 13.5 Å². The second-order valence-corrected chi connectivity index (χ2v) is 3.14. The van der Waals surface area contributed by atoms with E-state index in [2.05, 4.69) is 9.72 Å². The molecule has 0 aliphatic heterocycles. The molecule has 2 aromatic rings. The smallest absolute Gasteiger partial charge is 0.387 e. The second-order valence-electron chi connectivity index (χ2n) is 3.14. The summed E-state index contributed by atoms with van der Waals surface area (Å²) in [6.07, 6.45) is 3.39. The third-order valence-electron chi connectivity index (χ3n) is 2.07. The van der Waals surface area contributed by atoms with Crippen LogP contribution >= 0.6 is 0 Å². The van der Waals surface area contributed by atoms with Gasteiger partial charge in [-0.3, -0.25) is 4.98 Å². The van der Waals surface area contributed by atoms with E-state index in [1.165, 1.54) is 12.1 Å². The van der Waals surface area contributed by atoms with Crippen LogP contribution < -0.4 is 4.74 Å². The lowest BCUT2D eigenvalue weighted by molar-refractivity contribution is -0.0498. The van der Waals surface area contributed by atoms with Crippen molar-refractivity contribution in [3.05, 3.63) is 48.8 Å². The summed E-state index contributed by atoms with van der Waals surface area (Å²) in [7, 11) is 0. The van der Waals surface area contributed by atoms with Gasteiger partial charge in [0.15, 0.2) is 0 Å². The number of aromatic nitrogens is 1. The zero-order chi connectivity index (χ0) is 11.4. The van der Waals surface area contributed by atoms with Crippen molar-refractivity contribution in [2.24, 2.45) is 0 Å². The molecular weight excluding hydrogens is 212 g/mol. The number of nitrogens with zero attached hydrogens (tertiary/aromatic N) is 1. The van der Waals surface area contributed by atoms with Crippen LogP contribution in [0.1, 0.15) is 0 Å². The summed E-state index contributed by atoms with van der Waals surface area (Å²) < 4.78 is 28.1. The van der Waals surface area contributed by atoms with Crippen molar-refractivity contribution in [1.82, 2.24) is 4.98 Å². The molecular formula is C12H9F2NO. The number of hydrogen-bond acceptors (Lipinski definition) is 2. The summed E-state index contributed by atoms with van der Waals surface area (Å²) in [5.74, 6) is 0.155. The minimum atomic E-state index is -2.79. The van der Waals surface area contributed by atoms with Gasteiger partial charge in [0, 0.05) is 12.4 Å². The van der Waals surface area contributed by atoms with Crippen LogP contribution in [0.25, 0.3) is 11.1 Å². The number of halogens is 2. The Labute approximate surface area is 91.5 Å². The van der Waals surface area contributed by atoms with E-state index < -0.39 is 6.61 Å². The summed E-state index contributed by atoms with van der Waals surface area (Å²) >= 11 is 0. The van der Waals surface area contributed by atoms with Crippen LogP contribution in [0, 0.1) is 0 Å². The Morgan fingerprint density at radius 3 is 2.31 bits per heavy atom. The highest BCUT2D eigenvalue weighted by Gasteiger charge is 2.04. The molecule has 0 saturated heterocycles. The van der Waals surface area contributed by atoms with Crippen LogP contribution in [0.5, 0.6) is 5.75 Å². The van der Waals surface area contributed by atoms with Gasteiger partial charge >= 0.3 is 6.61 Å². The molecule has 0 bridgehead atoms. The van der Waals surface area contributed by atoms with Crippen LogP contribution in [0.2, 0.25) is 0 Å². The van der Waals surface area contributed by atoms with Gasteiger partial charge in [0.1, 0.15) is 5.75 Å². The molecule has 0 fully saturated rings. The number of ether oxygens (including phenoxy) is 1. The Morgan fingerprint density at radius 2 is 1.75 bits per heavy atom. The van der Waals surface area contributed by atoms with E-state index in [1.54, 1.807) is 24.5 Å². The van der Waals surface area contributed by atoms with E-state index in [9.17, 15) is 8.78 Å². The zero-order valence-electron chi connectivity index (χ0n) is 8.31. The standard InChI is InChI=1S/C12H9F2NO/c13-12(14)16-11-5-3-9(4-6-11)10-2-1-7-15-8-10/h1-8,12H. The first-order valence-corrected chi connectivity index (χ1v) is 4.71. The van der Waals surface area contributed by atoms with Crippen molar-refractivity contribution >= 4 is 0 Å². The first-order chi connectivity index (χ1) is 7.75. The maximum Gasteiger partial charge on any atom is 0.387 e. The topological polar surface area (TPSA) is 22.1 Å². The van der Waals surface area contributed by atoms with Crippen molar-refractivity contribution in [3.8, 4) is 16.9 Å². The molecule has 4 heteroatoms. The van der Waals surface area contributed by atoms with Crippen LogP contribution in [0.15, 0.2) is 48.8 Å². The summed E-state index contributed by atoms with van der Waals surface area (Å²) in [5.41, 5.74) is 1.85. The Bertz CT molecular complexity index is 442. The van der Waals surface area contributed by atoms with E-state index >= 15 is 0 Å². The van der Waals surface area contributed by atoms with Gasteiger partial charge in [-0.05, 0) is 29.3 Å². The zero-order valence-corrected chi connectivity index (χ0v) is 8.31. The summed E-state index contributed by atoms with van der Waals surface area (Å²) in [5, 5.41) is 0. The first kappa shape index (κ1) is 10.5. The van der Waals surface area contributed by atoms with Gasteiger partial charge in [-0.1, -0.05) is 18.2 Å². The number of alkyl halides is 2. The fraction of sp³-hybridized carbons (Fsp3) is 0.0833. The van der Waals surface area contributed by atoms with E-state index in [0.29, 0.717) is 0 Å². The van der Waals surface area contributed by atoms with Crippen molar-refractivity contribution in [2.45, 2.75) is 6.61 Å². The lowest BCUT2D eigenvalue weighted by Crippen LogP contribution is -2.01. The SMILES string of the molecule is FC(F)Oc1ccc(-c2cccnc2)cc1. The number of rotatable bonds is 3. The molecule has 1 aromatic carbocycles. The van der Waals surface area contributed by atoms with E-state index in [0.717, 1.165) is 11.1 Å². The quantitative estimate of drug-likeness (QED) is 0.792.